The number of carbonyl (C=O) groups excluding carboxylic acids is 1. The van der Waals surface area contributed by atoms with Crippen LogP contribution in [0, 0.1) is 0 Å². The lowest BCUT2D eigenvalue weighted by molar-refractivity contribution is 0.0963. The van der Waals surface area contributed by atoms with Crippen LogP contribution in [0.4, 0.5) is 4.79 Å². The van der Waals surface area contributed by atoms with Gasteiger partial charge in [0.05, 0.1) is 26.4 Å². The lowest BCUT2D eigenvalue weighted by Gasteiger charge is -2.31. The van der Waals surface area contributed by atoms with E-state index in [1.54, 1.807) is 12.0 Å². The summed E-state index contributed by atoms with van der Waals surface area (Å²) >= 11 is 0. The molecule has 0 radical (unpaired) electrons. The van der Waals surface area contributed by atoms with Gasteiger partial charge in [-0.15, -0.1) is 24.0 Å². The molecular weight excluding hydrogens is 511 g/mol. The first-order chi connectivity index (χ1) is 14.6. The second-order valence-electron chi connectivity index (χ2n) is 7.80. The predicted octanol–water partition coefficient (Wildman–Crippen LogP) is 3.66. The Morgan fingerprint density at radius 3 is 2.58 bits per heavy atom. The third kappa shape index (κ3) is 7.62. The molecule has 1 aliphatic carbocycles. The van der Waals surface area contributed by atoms with Crippen LogP contribution in [0.25, 0.3) is 0 Å². The lowest BCUT2D eigenvalue weighted by atomic mass is 10.1. The summed E-state index contributed by atoms with van der Waals surface area (Å²) in [7, 11) is 1.65. The number of amides is 1. The predicted molar refractivity (Wildman–Crippen MR) is 131 cm³/mol. The number of halogens is 1. The zero-order valence-corrected chi connectivity index (χ0v) is 20.8. The summed E-state index contributed by atoms with van der Waals surface area (Å²) in [6.07, 6.45) is 6.26. The molecule has 0 aromatic heterocycles. The minimum absolute atomic E-state index is 0. The van der Waals surface area contributed by atoms with Crippen LogP contribution in [-0.2, 0) is 11.3 Å². The van der Waals surface area contributed by atoms with Gasteiger partial charge in [-0.05, 0) is 57.6 Å². The molecule has 1 aromatic carbocycles. The Labute approximate surface area is 201 Å². The molecule has 0 unspecified atom stereocenters. The van der Waals surface area contributed by atoms with Crippen molar-refractivity contribution in [2.75, 3.05) is 26.8 Å². The second kappa shape index (κ2) is 12.8. The topological polar surface area (TPSA) is 98.4 Å². The molecule has 3 N–H and O–H groups in total. The number of methoxy groups -OCH3 is 1. The first-order valence-electron chi connectivity index (χ1n) is 10.9. The van der Waals surface area contributed by atoms with Gasteiger partial charge in [0.15, 0.2) is 5.96 Å². The molecule has 8 nitrogen and oxygen atoms in total. The highest BCUT2D eigenvalue weighted by Crippen LogP contribution is 2.30. The number of nitrogens with zero attached hydrogens (tertiary/aromatic N) is 2. The standard InChI is InChI=1S/C22H34N4O4.HI/c1-3-29-22(27)26-12-10-17(11-13-26)25-21(23)24-15-16-8-9-19(28-2)14-20(16)30-18-6-4-5-7-18;/h8-9,14,17-18H,3-7,10-13,15H2,1-2H3,(H3,23,24,25);1H. The molecule has 0 atom stereocenters. The molecule has 0 spiro atoms. The van der Waals surface area contributed by atoms with Crippen LogP contribution in [0.2, 0.25) is 0 Å². The van der Waals surface area contributed by atoms with Crippen LogP contribution in [0.3, 0.4) is 0 Å². The molecular formula is C22H35IN4O4. The van der Waals surface area contributed by atoms with Crippen LogP contribution in [0.15, 0.2) is 23.2 Å². The van der Waals surface area contributed by atoms with E-state index < -0.39 is 0 Å². The van der Waals surface area contributed by atoms with Crippen LogP contribution < -0.4 is 20.5 Å². The van der Waals surface area contributed by atoms with Crippen molar-refractivity contribution in [2.24, 2.45) is 10.7 Å². The van der Waals surface area contributed by atoms with E-state index in [9.17, 15) is 4.79 Å². The Bertz CT molecular complexity index is 732. The molecule has 9 heteroatoms. The zero-order valence-electron chi connectivity index (χ0n) is 18.5. The van der Waals surface area contributed by atoms with Gasteiger partial charge in [-0.2, -0.15) is 0 Å². The van der Waals surface area contributed by atoms with E-state index in [2.05, 4.69) is 10.3 Å². The minimum Gasteiger partial charge on any atom is -0.497 e. The number of nitrogens with one attached hydrogen (secondary N) is 1. The smallest absolute Gasteiger partial charge is 0.409 e. The minimum atomic E-state index is -0.244. The summed E-state index contributed by atoms with van der Waals surface area (Å²) < 4.78 is 16.6. The molecule has 31 heavy (non-hydrogen) atoms. The van der Waals surface area contributed by atoms with Gasteiger partial charge < -0.3 is 30.2 Å². The van der Waals surface area contributed by atoms with Gasteiger partial charge in [0.1, 0.15) is 11.5 Å². The van der Waals surface area contributed by atoms with Crippen molar-refractivity contribution >= 4 is 36.0 Å². The number of likely N-dealkylation sites (tertiary alicyclic amines) is 1. The Balaban J connectivity index is 0.00000341. The van der Waals surface area contributed by atoms with Gasteiger partial charge in [-0.3, -0.25) is 0 Å². The Hall–Kier alpha value is -1.91. The van der Waals surface area contributed by atoms with Crippen molar-refractivity contribution in [1.29, 1.82) is 0 Å². The van der Waals surface area contributed by atoms with Crippen LogP contribution in [0.5, 0.6) is 11.5 Å². The normalized spacial score (nSPS) is 17.7. The highest BCUT2D eigenvalue weighted by molar-refractivity contribution is 14.0. The van der Waals surface area contributed by atoms with Gasteiger partial charge in [0, 0.05) is 30.8 Å². The summed E-state index contributed by atoms with van der Waals surface area (Å²) in [5.74, 6) is 2.00. The fraction of sp³-hybridized carbons (Fsp3) is 0.636. The number of hydrogen-bond donors (Lipinski definition) is 2. The second-order valence-corrected chi connectivity index (χ2v) is 7.80. The quantitative estimate of drug-likeness (QED) is 0.308. The molecule has 2 fully saturated rings. The molecule has 1 amide bonds. The van der Waals surface area contributed by atoms with Crippen molar-refractivity contribution in [3.8, 4) is 11.5 Å². The summed E-state index contributed by atoms with van der Waals surface area (Å²) in [5.41, 5.74) is 7.12. The van der Waals surface area contributed by atoms with Crippen molar-refractivity contribution in [2.45, 2.75) is 64.1 Å². The summed E-state index contributed by atoms with van der Waals surface area (Å²) in [4.78, 5) is 18.1. The van der Waals surface area contributed by atoms with Crippen molar-refractivity contribution < 1.29 is 19.0 Å². The van der Waals surface area contributed by atoms with E-state index in [4.69, 9.17) is 19.9 Å². The SMILES string of the molecule is CCOC(=O)N1CCC(NC(N)=NCc2ccc(OC)cc2OC2CCCC2)CC1.I. The first kappa shape index (κ1) is 25.4. The number of carbonyl (C=O) groups is 1. The molecule has 2 aliphatic rings. The van der Waals surface area contributed by atoms with Crippen LogP contribution in [-0.4, -0.2) is 55.9 Å². The average molecular weight is 546 g/mol. The van der Waals surface area contributed by atoms with E-state index in [0.717, 1.165) is 42.7 Å². The van der Waals surface area contributed by atoms with Crippen molar-refractivity contribution in [1.82, 2.24) is 10.2 Å². The molecule has 1 saturated heterocycles. The van der Waals surface area contributed by atoms with Gasteiger partial charge in [-0.25, -0.2) is 9.79 Å². The third-order valence-corrected chi connectivity index (χ3v) is 5.66. The van der Waals surface area contributed by atoms with Crippen molar-refractivity contribution in [3.05, 3.63) is 23.8 Å². The summed E-state index contributed by atoms with van der Waals surface area (Å²) in [5, 5.41) is 3.28. The van der Waals surface area contributed by atoms with Gasteiger partial charge >= 0.3 is 6.09 Å². The third-order valence-electron chi connectivity index (χ3n) is 5.66. The first-order valence-corrected chi connectivity index (χ1v) is 10.9. The van der Waals surface area contributed by atoms with Crippen molar-refractivity contribution in [3.63, 3.8) is 0 Å². The molecule has 1 heterocycles. The number of guanidine groups is 1. The van der Waals surface area contributed by atoms with Gasteiger partial charge in [-0.1, -0.05) is 0 Å². The van der Waals surface area contributed by atoms with Crippen LogP contribution in [0.1, 0.15) is 51.0 Å². The average Bonchev–Trinajstić information content (AvgIpc) is 3.26. The highest BCUT2D eigenvalue weighted by atomic mass is 127. The molecule has 1 aromatic rings. The highest BCUT2D eigenvalue weighted by Gasteiger charge is 2.24. The fourth-order valence-corrected chi connectivity index (χ4v) is 3.93. The maximum Gasteiger partial charge on any atom is 0.409 e. The number of hydrogen-bond acceptors (Lipinski definition) is 5. The van der Waals surface area contributed by atoms with E-state index >= 15 is 0 Å². The van der Waals surface area contributed by atoms with E-state index in [-0.39, 0.29) is 42.2 Å². The molecule has 1 aliphatic heterocycles. The molecule has 174 valence electrons. The number of piperidine rings is 1. The summed E-state index contributed by atoms with van der Waals surface area (Å²) in [6, 6.07) is 6.03. The molecule has 3 rings (SSSR count). The summed E-state index contributed by atoms with van der Waals surface area (Å²) in [6.45, 7) is 3.96. The van der Waals surface area contributed by atoms with E-state index in [0.29, 0.717) is 32.2 Å². The number of ether oxygens (including phenoxy) is 3. The zero-order chi connectivity index (χ0) is 21.3. The Morgan fingerprint density at radius 2 is 1.94 bits per heavy atom. The Morgan fingerprint density at radius 1 is 1.23 bits per heavy atom. The maximum absolute atomic E-state index is 11.8. The fourth-order valence-electron chi connectivity index (χ4n) is 3.93. The maximum atomic E-state index is 11.8. The van der Waals surface area contributed by atoms with E-state index in [1.165, 1.54) is 12.8 Å². The van der Waals surface area contributed by atoms with Crippen LogP contribution >= 0.6 is 24.0 Å². The van der Waals surface area contributed by atoms with Gasteiger partial charge in [0.25, 0.3) is 0 Å². The number of rotatable bonds is 7. The largest absolute Gasteiger partial charge is 0.497 e. The van der Waals surface area contributed by atoms with E-state index in [1.807, 2.05) is 25.1 Å². The lowest BCUT2D eigenvalue weighted by Crippen LogP contribution is -2.48. The number of nitrogens with two attached hydrogens (primary N) is 1. The molecule has 0 bridgehead atoms. The monoisotopic (exact) mass is 546 g/mol. The Kier molecular flexibility index (Phi) is 10.5. The number of benzene rings is 1. The molecule has 1 saturated carbocycles. The van der Waals surface area contributed by atoms with Gasteiger partial charge in [0.2, 0.25) is 0 Å². The number of aliphatic imine (C=N–C) groups is 1.